The molecule has 0 heterocycles. The molecule has 1 aromatic rings. The third-order valence-electron chi connectivity index (χ3n) is 1.76. The lowest BCUT2D eigenvalue weighted by atomic mass is 10.2. The maximum Gasteiger partial charge on any atom is 0.345 e. The molecule has 0 fully saturated rings. The monoisotopic (exact) mass is 228 g/mol. The highest BCUT2D eigenvalue weighted by atomic mass is 19.1. The molecule has 86 valence electrons. The van der Waals surface area contributed by atoms with E-state index < -0.39 is 23.6 Å². The fraction of sp³-hybridized carbons (Fsp3) is 0.273. The van der Waals surface area contributed by atoms with E-state index in [1.54, 1.807) is 6.92 Å². The first-order valence-electron chi connectivity index (χ1n) is 4.74. The summed E-state index contributed by atoms with van der Waals surface area (Å²) in [6, 6.07) is 2.25. The Morgan fingerprint density at radius 3 is 2.25 bits per heavy atom. The summed E-state index contributed by atoms with van der Waals surface area (Å²) in [6.07, 6.45) is 0.618. The van der Waals surface area contributed by atoms with Gasteiger partial charge >= 0.3 is 11.9 Å². The zero-order valence-corrected chi connectivity index (χ0v) is 8.63. The molecule has 0 unspecified atom stereocenters. The summed E-state index contributed by atoms with van der Waals surface area (Å²) in [5.41, 5.74) is -0.318. The van der Waals surface area contributed by atoms with Crippen LogP contribution in [0.2, 0.25) is 0 Å². The number of halogens is 2. The lowest BCUT2D eigenvalue weighted by molar-refractivity contribution is -0.137. The van der Waals surface area contributed by atoms with Gasteiger partial charge in [0.15, 0.2) is 0 Å². The largest absolute Gasteiger partial charge is 0.389 e. The second-order valence-electron chi connectivity index (χ2n) is 3.17. The summed E-state index contributed by atoms with van der Waals surface area (Å²) in [6.45, 7) is 1.74. The molecule has 0 bridgehead atoms. The lowest BCUT2D eigenvalue weighted by Gasteiger charge is -2.02. The molecule has 0 aliphatic carbocycles. The summed E-state index contributed by atoms with van der Waals surface area (Å²) in [5, 5.41) is 0. The Hall–Kier alpha value is -1.78. The van der Waals surface area contributed by atoms with Crippen LogP contribution in [0.15, 0.2) is 18.2 Å². The van der Waals surface area contributed by atoms with Gasteiger partial charge in [0.1, 0.15) is 11.6 Å². The van der Waals surface area contributed by atoms with E-state index >= 15 is 0 Å². The molecule has 0 spiro atoms. The zero-order valence-electron chi connectivity index (χ0n) is 8.63. The Morgan fingerprint density at radius 2 is 1.75 bits per heavy atom. The SMILES string of the molecule is CCCC(=O)OC(=O)c1cc(F)cc(F)c1. The predicted molar refractivity (Wildman–Crippen MR) is 51.7 cm³/mol. The highest BCUT2D eigenvalue weighted by Gasteiger charge is 2.14. The number of rotatable bonds is 3. The van der Waals surface area contributed by atoms with E-state index in [-0.39, 0.29) is 12.0 Å². The van der Waals surface area contributed by atoms with Gasteiger partial charge in [-0.3, -0.25) is 4.79 Å². The van der Waals surface area contributed by atoms with Crippen molar-refractivity contribution in [1.82, 2.24) is 0 Å². The molecule has 0 radical (unpaired) electrons. The number of ether oxygens (including phenoxy) is 1. The van der Waals surface area contributed by atoms with Crippen molar-refractivity contribution in [3.63, 3.8) is 0 Å². The van der Waals surface area contributed by atoms with E-state index in [9.17, 15) is 18.4 Å². The molecule has 0 amide bonds. The first-order chi connectivity index (χ1) is 7.52. The van der Waals surface area contributed by atoms with E-state index in [0.29, 0.717) is 12.5 Å². The predicted octanol–water partition coefficient (Wildman–Crippen LogP) is 2.45. The van der Waals surface area contributed by atoms with Gasteiger partial charge in [-0.05, 0) is 18.6 Å². The molecule has 1 rings (SSSR count). The summed E-state index contributed by atoms with van der Waals surface area (Å²) in [5.74, 6) is -3.54. The van der Waals surface area contributed by atoms with Crippen LogP contribution in [0.3, 0.4) is 0 Å². The summed E-state index contributed by atoms with van der Waals surface area (Å²) in [4.78, 5) is 22.2. The van der Waals surface area contributed by atoms with Gasteiger partial charge in [0.2, 0.25) is 0 Å². The second-order valence-corrected chi connectivity index (χ2v) is 3.17. The van der Waals surface area contributed by atoms with Crippen LogP contribution >= 0.6 is 0 Å². The average molecular weight is 228 g/mol. The average Bonchev–Trinajstić information content (AvgIpc) is 2.16. The quantitative estimate of drug-likeness (QED) is 0.589. The van der Waals surface area contributed by atoms with E-state index in [2.05, 4.69) is 4.74 Å². The van der Waals surface area contributed by atoms with Gasteiger partial charge in [-0.15, -0.1) is 0 Å². The molecule has 0 saturated heterocycles. The summed E-state index contributed by atoms with van der Waals surface area (Å²) in [7, 11) is 0. The van der Waals surface area contributed by atoms with Gasteiger partial charge < -0.3 is 4.74 Å². The molecule has 0 aliphatic heterocycles. The summed E-state index contributed by atoms with van der Waals surface area (Å²) < 4.78 is 29.9. The minimum atomic E-state index is -1.04. The van der Waals surface area contributed by atoms with Crippen molar-refractivity contribution in [1.29, 1.82) is 0 Å². The van der Waals surface area contributed by atoms with Crippen molar-refractivity contribution in [3.05, 3.63) is 35.4 Å². The highest BCUT2D eigenvalue weighted by Crippen LogP contribution is 2.09. The van der Waals surface area contributed by atoms with Crippen molar-refractivity contribution < 1.29 is 23.1 Å². The molecule has 0 aromatic heterocycles. The van der Waals surface area contributed by atoms with Gasteiger partial charge in [0, 0.05) is 12.5 Å². The van der Waals surface area contributed by atoms with Crippen molar-refractivity contribution >= 4 is 11.9 Å². The minimum Gasteiger partial charge on any atom is -0.389 e. The standard InChI is InChI=1S/C11H10F2O3/c1-2-3-10(14)16-11(15)7-4-8(12)6-9(13)5-7/h4-6H,2-3H2,1H3. The van der Waals surface area contributed by atoms with Crippen LogP contribution in [0.5, 0.6) is 0 Å². The van der Waals surface area contributed by atoms with E-state index in [1.165, 1.54) is 0 Å². The van der Waals surface area contributed by atoms with Gasteiger partial charge in [0.05, 0.1) is 5.56 Å². The Kier molecular flexibility index (Phi) is 4.10. The molecular formula is C11H10F2O3. The smallest absolute Gasteiger partial charge is 0.345 e. The molecule has 0 N–H and O–H groups in total. The van der Waals surface area contributed by atoms with Gasteiger partial charge in [-0.1, -0.05) is 6.92 Å². The molecule has 1 aromatic carbocycles. The molecule has 5 heteroatoms. The number of hydrogen-bond acceptors (Lipinski definition) is 3. The maximum atomic E-state index is 12.7. The van der Waals surface area contributed by atoms with E-state index in [1.807, 2.05) is 0 Å². The highest BCUT2D eigenvalue weighted by molar-refractivity contribution is 5.96. The Labute approximate surface area is 91.0 Å². The number of hydrogen-bond donors (Lipinski definition) is 0. The normalized spacial score (nSPS) is 9.94. The maximum absolute atomic E-state index is 12.7. The third-order valence-corrected chi connectivity index (χ3v) is 1.76. The lowest BCUT2D eigenvalue weighted by Crippen LogP contribution is -2.12. The van der Waals surface area contributed by atoms with Gasteiger partial charge in [-0.2, -0.15) is 0 Å². The third kappa shape index (κ3) is 3.42. The number of esters is 2. The minimum absolute atomic E-state index is 0.0868. The van der Waals surface area contributed by atoms with Crippen LogP contribution in [-0.4, -0.2) is 11.9 Å². The van der Waals surface area contributed by atoms with Crippen molar-refractivity contribution in [2.75, 3.05) is 0 Å². The molecule has 0 saturated carbocycles. The van der Waals surface area contributed by atoms with Crippen molar-refractivity contribution in [3.8, 4) is 0 Å². The van der Waals surface area contributed by atoms with Crippen molar-refractivity contribution in [2.45, 2.75) is 19.8 Å². The summed E-state index contributed by atoms with van der Waals surface area (Å²) >= 11 is 0. The zero-order chi connectivity index (χ0) is 12.1. The van der Waals surface area contributed by atoms with Crippen LogP contribution in [0.1, 0.15) is 30.1 Å². The number of carbonyl (C=O) groups excluding carboxylic acids is 2. The van der Waals surface area contributed by atoms with E-state index in [4.69, 9.17) is 0 Å². The van der Waals surface area contributed by atoms with Crippen LogP contribution in [0, 0.1) is 11.6 Å². The molecule has 0 atom stereocenters. The molecule has 3 nitrogen and oxygen atoms in total. The van der Waals surface area contributed by atoms with Gasteiger partial charge in [-0.25, -0.2) is 13.6 Å². The van der Waals surface area contributed by atoms with Crippen LogP contribution in [0.25, 0.3) is 0 Å². The molecule has 16 heavy (non-hydrogen) atoms. The molecular weight excluding hydrogens is 218 g/mol. The Balaban J connectivity index is 2.76. The Morgan fingerprint density at radius 1 is 1.19 bits per heavy atom. The molecule has 0 aliphatic rings. The van der Waals surface area contributed by atoms with E-state index in [0.717, 1.165) is 12.1 Å². The number of carbonyl (C=O) groups is 2. The fourth-order valence-electron chi connectivity index (χ4n) is 1.09. The fourth-order valence-corrected chi connectivity index (χ4v) is 1.09. The number of benzene rings is 1. The van der Waals surface area contributed by atoms with Crippen LogP contribution < -0.4 is 0 Å². The first-order valence-corrected chi connectivity index (χ1v) is 4.74. The Bertz CT molecular complexity index is 395. The van der Waals surface area contributed by atoms with Crippen molar-refractivity contribution in [2.24, 2.45) is 0 Å². The second kappa shape index (κ2) is 5.34. The topological polar surface area (TPSA) is 43.4 Å². The first kappa shape index (κ1) is 12.3. The van der Waals surface area contributed by atoms with Crippen LogP contribution in [0.4, 0.5) is 8.78 Å². The van der Waals surface area contributed by atoms with Crippen LogP contribution in [-0.2, 0) is 9.53 Å². The van der Waals surface area contributed by atoms with Gasteiger partial charge in [0.25, 0.3) is 0 Å².